The number of hydrogen-bond acceptors (Lipinski definition) is 17. The molecule has 0 aromatic heterocycles. The van der Waals surface area contributed by atoms with Gasteiger partial charge in [-0.1, -0.05) is 85.3 Å². The first-order valence-corrected chi connectivity index (χ1v) is 26.8. The molecule has 4 aromatic carbocycles. The third-order valence-corrected chi connectivity index (χ3v) is 14.8. The second kappa shape index (κ2) is 25.9. The van der Waals surface area contributed by atoms with Crippen LogP contribution in [0, 0.1) is 12.8 Å². The van der Waals surface area contributed by atoms with Gasteiger partial charge in [-0.2, -0.15) is 0 Å². The standard InChI is InChI=1S/C54H64N7O18P/c1-25-5-7-29(8-6-25)30-9-11-31(12-10-30)32-13-15-34(16-14-32)47(69)55-37-22-39(65)50(72)59-52(74)43-44(66)26(2)23-61(43)54(76)41(28(4)63)57-51(73)42(46(68)45(67)33-17-19-36(20-18-33)79-80(77)78)58-49(71)38-21-35(64)24-60(38)53(75)40(27(3)62)56-48(37)70/h5-20,26-28,35,37-46,50,62-68,72H,21-24H2,1-4H3,(H5-,55,56,57,58,59,69,70,71,73,74,77,78)/p+1/t26?,27?,28?,35?,37?,38-,39?,40-,41-,42-,43-,44?,45?,46?,50?/m0/s1. The largest absolute Gasteiger partial charge is 0.747 e. The van der Waals surface area contributed by atoms with Crippen LogP contribution in [-0.4, -0.2) is 189 Å². The van der Waals surface area contributed by atoms with Crippen LogP contribution in [0.15, 0.2) is 97.1 Å². The highest BCUT2D eigenvalue weighted by molar-refractivity contribution is 7.32. The first kappa shape index (κ1) is 60.4. The van der Waals surface area contributed by atoms with E-state index < -0.39 is 167 Å². The summed E-state index contributed by atoms with van der Waals surface area (Å²) < 4.78 is 16.0. The van der Waals surface area contributed by atoms with Gasteiger partial charge in [0.15, 0.2) is 12.0 Å². The van der Waals surface area contributed by atoms with E-state index in [1.54, 1.807) is 12.1 Å². The molecular weight excluding hydrogens is 1070 g/mol. The summed E-state index contributed by atoms with van der Waals surface area (Å²) >= 11 is 0. The highest BCUT2D eigenvalue weighted by Gasteiger charge is 2.50. The molecule has 428 valence electrons. The predicted molar refractivity (Wildman–Crippen MR) is 282 cm³/mol. The van der Waals surface area contributed by atoms with E-state index in [1.807, 2.05) is 55.5 Å². The Hall–Kier alpha value is -7.29. The molecular formula is C54H65N7O18P+. The number of hydrogen-bond donors (Lipinski definition) is 14. The normalized spacial score (nSPS) is 28.1. The minimum atomic E-state index is -3.10. The molecule has 3 saturated heterocycles. The molecule has 7 rings (SSSR count). The van der Waals surface area contributed by atoms with E-state index >= 15 is 0 Å². The average Bonchev–Trinajstić information content (AvgIpc) is 4.07. The van der Waals surface area contributed by atoms with Gasteiger partial charge in [0.25, 0.3) is 5.91 Å². The quantitative estimate of drug-likeness (QED) is 0.0732. The Balaban J connectivity index is 1.21. The number of carbonyl (C=O) groups is 7. The summed E-state index contributed by atoms with van der Waals surface area (Å²) in [6, 6.07) is 14.6. The van der Waals surface area contributed by atoms with E-state index in [2.05, 4.69) is 26.6 Å². The van der Waals surface area contributed by atoms with Crippen LogP contribution in [0.4, 0.5) is 0 Å². The molecule has 7 amide bonds. The molecule has 3 fully saturated rings. The van der Waals surface area contributed by atoms with Crippen LogP contribution in [0.3, 0.4) is 0 Å². The van der Waals surface area contributed by atoms with Gasteiger partial charge in [0.2, 0.25) is 35.4 Å². The van der Waals surface area contributed by atoms with Crippen molar-refractivity contribution < 1.29 is 88.4 Å². The van der Waals surface area contributed by atoms with Crippen molar-refractivity contribution in [2.45, 2.75) is 126 Å². The third kappa shape index (κ3) is 14.0. The maximum Gasteiger partial charge on any atom is 0.747 e. The lowest BCUT2D eigenvalue weighted by molar-refractivity contribution is -0.148. The summed E-state index contributed by atoms with van der Waals surface area (Å²) in [4.78, 5) is 111. The van der Waals surface area contributed by atoms with Crippen molar-refractivity contribution in [3.05, 3.63) is 114 Å². The van der Waals surface area contributed by atoms with Gasteiger partial charge in [0, 0.05) is 42.0 Å². The molecule has 25 nitrogen and oxygen atoms in total. The summed E-state index contributed by atoms with van der Waals surface area (Å²) in [5, 5.41) is 101. The number of aryl methyl sites for hydroxylation is 1. The number of rotatable bonds is 11. The third-order valence-electron chi connectivity index (χ3n) is 14.4. The Morgan fingerprint density at radius 2 is 1.14 bits per heavy atom. The van der Waals surface area contributed by atoms with E-state index in [4.69, 9.17) is 9.42 Å². The van der Waals surface area contributed by atoms with Crippen molar-refractivity contribution in [1.82, 2.24) is 36.4 Å². The molecule has 0 spiro atoms. The first-order chi connectivity index (χ1) is 37.8. The molecule has 0 radical (unpaired) electrons. The predicted octanol–water partition coefficient (Wildman–Crippen LogP) is -1.86. The maximum atomic E-state index is 14.5. The molecule has 16 atom stereocenters. The van der Waals surface area contributed by atoms with Gasteiger partial charge < -0.3 is 77.2 Å². The van der Waals surface area contributed by atoms with Crippen LogP contribution in [0.1, 0.15) is 61.2 Å². The smallest absolute Gasteiger partial charge is 0.391 e. The zero-order valence-corrected chi connectivity index (χ0v) is 44.7. The fourth-order valence-electron chi connectivity index (χ4n) is 9.83. The minimum absolute atomic E-state index is 0.00444. The molecule has 80 heavy (non-hydrogen) atoms. The topological polar surface area (TPSA) is 394 Å². The molecule has 3 heterocycles. The summed E-state index contributed by atoms with van der Waals surface area (Å²) in [7, 11) is -3.10. The number of nitrogens with one attached hydrogen (secondary N) is 5. The van der Waals surface area contributed by atoms with Gasteiger partial charge in [0.1, 0.15) is 54.6 Å². The molecule has 4 aromatic rings. The van der Waals surface area contributed by atoms with Crippen LogP contribution in [-0.2, 0) is 33.3 Å². The molecule has 0 saturated carbocycles. The van der Waals surface area contributed by atoms with Gasteiger partial charge in [0.05, 0.1) is 24.4 Å². The lowest BCUT2D eigenvalue weighted by Crippen LogP contribution is -2.64. The average molecular weight is 1130 g/mol. The zero-order valence-electron chi connectivity index (χ0n) is 43.8. The summed E-state index contributed by atoms with van der Waals surface area (Å²) in [5.41, 5.74) is 4.48. The van der Waals surface area contributed by atoms with E-state index in [0.29, 0.717) is 5.56 Å². The lowest BCUT2D eigenvalue weighted by Gasteiger charge is -2.34. The molecule has 3 aliphatic heterocycles. The van der Waals surface area contributed by atoms with Crippen LogP contribution < -0.4 is 31.1 Å². The molecule has 26 heteroatoms. The Morgan fingerprint density at radius 1 is 0.637 bits per heavy atom. The van der Waals surface area contributed by atoms with Gasteiger partial charge in [-0.3, -0.25) is 33.6 Å². The van der Waals surface area contributed by atoms with Crippen LogP contribution in [0.2, 0.25) is 0 Å². The highest BCUT2D eigenvalue weighted by atomic mass is 31.1. The van der Waals surface area contributed by atoms with Gasteiger partial charge >= 0.3 is 8.25 Å². The van der Waals surface area contributed by atoms with E-state index in [1.165, 1.54) is 19.1 Å². The lowest BCUT2D eigenvalue weighted by atomic mass is 9.96. The molecule has 3 aliphatic rings. The molecule has 0 bridgehead atoms. The maximum absolute atomic E-state index is 14.5. The number of benzene rings is 4. The summed E-state index contributed by atoms with van der Waals surface area (Å²) in [6.07, 6.45) is -17.1. The zero-order chi connectivity index (χ0) is 58.4. The summed E-state index contributed by atoms with van der Waals surface area (Å²) in [6.45, 7) is 4.59. The molecule has 11 unspecified atom stereocenters. The van der Waals surface area contributed by atoms with Crippen molar-refractivity contribution in [2.24, 2.45) is 5.92 Å². The Kier molecular flexibility index (Phi) is 19.5. The van der Waals surface area contributed by atoms with Gasteiger partial charge in [-0.05, 0) is 72.9 Å². The number of fused-ring (bicyclic) bond motifs is 2. The Morgan fingerprint density at radius 3 is 1.68 bits per heavy atom. The molecule has 14 N–H and O–H groups in total. The second-order valence-corrected chi connectivity index (χ2v) is 21.0. The van der Waals surface area contributed by atoms with E-state index in [0.717, 1.165) is 70.2 Å². The van der Waals surface area contributed by atoms with E-state index in [9.17, 15) is 79.0 Å². The first-order valence-electron chi connectivity index (χ1n) is 25.6. The number of carbonyl (C=O) groups excluding carboxylic acids is 7. The van der Waals surface area contributed by atoms with Crippen LogP contribution in [0.25, 0.3) is 22.3 Å². The minimum Gasteiger partial charge on any atom is -0.391 e. The Bertz CT molecular complexity index is 2920. The number of nitrogens with zero attached hydrogens (tertiary/aromatic N) is 2. The Labute approximate surface area is 459 Å². The highest BCUT2D eigenvalue weighted by Crippen LogP contribution is 2.30. The van der Waals surface area contributed by atoms with Gasteiger partial charge in [-0.15, -0.1) is 4.89 Å². The number of aliphatic hydroxyl groups is 8. The van der Waals surface area contributed by atoms with Crippen molar-refractivity contribution >= 4 is 49.6 Å². The van der Waals surface area contributed by atoms with Gasteiger partial charge in [-0.25, -0.2) is 4.52 Å². The van der Waals surface area contributed by atoms with Crippen molar-refractivity contribution in [2.75, 3.05) is 13.1 Å². The van der Waals surface area contributed by atoms with Crippen LogP contribution >= 0.6 is 8.25 Å². The molecule has 0 aliphatic carbocycles. The van der Waals surface area contributed by atoms with Crippen LogP contribution in [0.5, 0.6) is 5.75 Å². The number of amides is 7. The van der Waals surface area contributed by atoms with Crippen molar-refractivity contribution in [1.29, 1.82) is 0 Å². The van der Waals surface area contributed by atoms with E-state index in [-0.39, 0.29) is 16.9 Å². The summed E-state index contributed by atoms with van der Waals surface area (Å²) in [5.74, 6) is -9.55. The SMILES string of the molecule is Cc1ccc(-c2ccc(-c3ccc(C(=O)NC4CC(O)C(O)NC(=O)[C@@H]5C(O)C(C)CN5C(=O)[C@H](C(C)O)NC(=O)[C@H](C(O)C(O)c5ccc(O[P+](=O)O)cc5)NC(=O)[C@@H]5CC(O)CN5C(=O)[C@H](C(C)O)NC4=O)cc3)cc2)cc1. The number of aliphatic hydroxyl groups excluding tert-OH is 8. The monoisotopic (exact) mass is 1130 g/mol. The fourth-order valence-corrected chi connectivity index (χ4v) is 10.1. The van der Waals surface area contributed by atoms with Crippen molar-refractivity contribution in [3.63, 3.8) is 0 Å². The fraction of sp³-hybridized carbons (Fsp3) is 0.426. The second-order valence-electron chi connectivity index (χ2n) is 20.4. The van der Waals surface area contributed by atoms with Crippen molar-refractivity contribution in [3.8, 4) is 28.0 Å².